The number of hydrogen-bond acceptors (Lipinski definition) is 4. The average Bonchev–Trinajstić information content (AvgIpc) is 2.95. The van der Waals surface area contributed by atoms with Gasteiger partial charge >= 0.3 is 12.1 Å². The summed E-state index contributed by atoms with van der Waals surface area (Å²) >= 11 is 0. The summed E-state index contributed by atoms with van der Waals surface area (Å²) in [7, 11) is 0. The first-order chi connectivity index (χ1) is 19.3. The Balaban J connectivity index is 1.38. The molecule has 6 aromatic rings. The van der Waals surface area contributed by atoms with E-state index < -0.39 is 28.9 Å². The molecule has 0 radical (unpaired) electrons. The zero-order valence-electron chi connectivity index (χ0n) is 20.7. The van der Waals surface area contributed by atoms with Gasteiger partial charge in [0.05, 0.1) is 10.9 Å². The summed E-state index contributed by atoms with van der Waals surface area (Å²) in [6, 6.07) is 28.8. The Kier molecular flexibility index (Phi) is 6.19. The molecule has 40 heavy (non-hydrogen) atoms. The van der Waals surface area contributed by atoms with Crippen molar-refractivity contribution in [3.8, 4) is 16.9 Å². The molecule has 196 valence electrons. The summed E-state index contributed by atoms with van der Waals surface area (Å²) in [4.78, 5) is 26.0. The lowest BCUT2D eigenvalue weighted by Crippen LogP contribution is -2.16. The number of hydrogen-bond donors (Lipinski definition) is 0. The standard InChI is InChI=1S/C33H19F3O4/c34-33(35,36)32-30(26-14-6-11-21-8-2-4-13-25(21)26)31(38)27-17-16-23(19-28(27)40-32)39-29(37)18-15-22-10-5-9-20-7-1-3-12-24(20)22/h1-19H/b18-15+. The van der Waals surface area contributed by atoms with Crippen molar-refractivity contribution in [3.63, 3.8) is 0 Å². The van der Waals surface area contributed by atoms with E-state index in [-0.39, 0.29) is 22.3 Å². The number of rotatable bonds is 4. The van der Waals surface area contributed by atoms with Gasteiger partial charge in [0.25, 0.3) is 0 Å². The molecule has 0 amide bonds. The number of alkyl halides is 3. The molecular formula is C33H19F3O4. The van der Waals surface area contributed by atoms with E-state index in [2.05, 4.69) is 0 Å². The van der Waals surface area contributed by atoms with Crippen LogP contribution in [0.1, 0.15) is 11.3 Å². The molecule has 6 rings (SSSR count). The Hall–Kier alpha value is -5.17. The van der Waals surface area contributed by atoms with Crippen LogP contribution in [0.2, 0.25) is 0 Å². The molecule has 5 aromatic carbocycles. The molecule has 0 saturated carbocycles. The van der Waals surface area contributed by atoms with Gasteiger partial charge in [0, 0.05) is 12.1 Å². The van der Waals surface area contributed by atoms with Gasteiger partial charge in [-0.15, -0.1) is 0 Å². The largest absolute Gasteiger partial charge is 0.450 e. The maximum absolute atomic E-state index is 14.2. The van der Waals surface area contributed by atoms with Crippen molar-refractivity contribution in [1.82, 2.24) is 0 Å². The van der Waals surface area contributed by atoms with Crippen LogP contribution in [0.5, 0.6) is 5.75 Å². The fraction of sp³-hybridized carbons (Fsp3) is 0.0303. The van der Waals surface area contributed by atoms with Crippen LogP contribution in [-0.4, -0.2) is 5.97 Å². The topological polar surface area (TPSA) is 56.5 Å². The van der Waals surface area contributed by atoms with Gasteiger partial charge in [-0.3, -0.25) is 4.79 Å². The Labute approximate surface area is 225 Å². The first-order valence-corrected chi connectivity index (χ1v) is 12.3. The third kappa shape index (κ3) is 4.62. The minimum Gasteiger partial charge on any atom is -0.450 e. The molecule has 1 aromatic heterocycles. The SMILES string of the molecule is O=C(/C=C/c1cccc2ccccc12)Oc1ccc2c(=O)c(-c3cccc4ccccc34)c(C(F)(F)F)oc2c1. The number of carbonyl (C=O) groups is 1. The molecular weight excluding hydrogens is 517 g/mol. The smallest absolute Gasteiger partial charge is 0.450 e. The summed E-state index contributed by atoms with van der Waals surface area (Å²) in [5.74, 6) is -2.21. The Bertz CT molecular complexity index is 2010. The quantitative estimate of drug-likeness (QED) is 0.129. The minimum absolute atomic E-state index is 0.0609. The highest BCUT2D eigenvalue weighted by Crippen LogP contribution is 2.39. The van der Waals surface area contributed by atoms with Crippen molar-refractivity contribution in [1.29, 1.82) is 0 Å². The second kappa shape index (κ2) is 9.85. The Morgan fingerprint density at radius 1 is 0.750 bits per heavy atom. The molecule has 0 unspecified atom stereocenters. The second-order valence-corrected chi connectivity index (χ2v) is 9.14. The third-order valence-electron chi connectivity index (χ3n) is 6.62. The third-order valence-corrected chi connectivity index (χ3v) is 6.62. The Morgan fingerprint density at radius 3 is 2.15 bits per heavy atom. The van der Waals surface area contributed by atoms with Crippen molar-refractivity contribution in [2.24, 2.45) is 0 Å². The van der Waals surface area contributed by atoms with E-state index in [9.17, 15) is 22.8 Å². The van der Waals surface area contributed by atoms with E-state index in [1.54, 1.807) is 42.5 Å². The fourth-order valence-electron chi connectivity index (χ4n) is 4.83. The van der Waals surface area contributed by atoms with E-state index in [0.29, 0.717) is 10.8 Å². The lowest BCUT2D eigenvalue weighted by Gasteiger charge is -2.14. The molecule has 0 aliphatic carbocycles. The number of halogens is 3. The maximum Gasteiger partial charge on any atom is 0.450 e. The second-order valence-electron chi connectivity index (χ2n) is 9.14. The predicted octanol–water partition coefficient (Wildman–Crippen LogP) is 8.40. The van der Waals surface area contributed by atoms with E-state index in [1.165, 1.54) is 24.3 Å². The van der Waals surface area contributed by atoms with Crippen LogP contribution in [0.3, 0.4) is 0 Å². The average molecular weight is 537 g/mol. The highest BCUT2D eigenvalue weighted by molar-refractivity contribution is 5.99. The number of ether oxygens (including phenoxy) is 1. The van der Waals surface area contributed by atoms with Crippen molar-refractivity contribution < 1.29 is 27.1 Å². The zero-order valence-corrected chi connectivity index (χ0v) is 20.7. The molecule has 0 atom stereocenters. The van der Waals surface area contributed by atoms with Crippen molar-refractivity contribution in [2.75, 3.05) is 0 Å². The van der Waals surface area contributed by atoms with Crippen molar-refractivity contribution in [2.45, 2.75) is 6.18 Å². The normalized spacial score (nSPS) is 12.0. The first kappa shape index (κ1) is 25.1. The summed E-state index contributed by atoms with van der Waals surface area (Å²) in [5, 5.41) is 3.06. The van der Waals surface area contributed by atoms with Crippen LogP contribution < -0.4 is 10.2 Å². The van der Waals surface area contributed by atoms with Crippen LogP contribution in [0.4, 0.5) is 13.2 Å². The van der Waals surface area contributed by atoms with Gasteiger partial charge in [0.2, 0.25) is 11.2 Å². The van der Waals surface area contributed by atoms with Crippen LogP contribution in [0, 0.1) is 0 Å². The van der Waals surface area contributed by atoms with Crippen LogP contribution in [-0.2, 0) is 11.0 Å². The van der Waals surface area contributed by atoms with E-state index in [1.807, 2.05) is 42.5 Å². The van der Waals surface area contributed by atoms with Gasteiger partial charge in [-0.1, -0.05) is 84.9 Å². The summed E-state index contributed by atoms with van der Waals surface area (Å²) in [6.07, 6.45) is -2.12. The zero-order chi connectivity index (χ0) is 27.9. The minimum atomic E-state index is -4.95. The lowest BCUT2D eigenvalue weighted by molar-refractivity contribution is -0.152. The van der Waals surface area contributed by atoms with Crippen molar-refractivity contribution in [3.05, 3.63) is 131 Å². The van der Waals surface area contributed by atoms with E-state index >= 15 is 0 Å². The highest BCUT2D eigenvalue weighted by Gasteiger charge is 2.39. The molecule has 1 heterocycles. The monoisotopic (exact) mass is 536 g/mol. The molecule has 0 bridgehead atoms. The fourth-order valence-corrected chi connectivity index (χ4v) is 4.83. The predicted molar refractivity (Wildman–Crippen MR) is 149 cm³/mol. The van der Waals surface area contributed by atoms with E-state index in [0.717, 1.165) is 22.4 Å². The van der Waals surface area contributed by atoms with Gasteiger partial charge in [-0.05, 0) is 50.9 Å². The van der Waals surface area contributed by atoms with E-state index in [4.69, 9.17) is 9.15 Å². The molecule has 0 aliphatic rings. The van der Waals surface area contributed by atoms with Crippen LogP contribution in [0.15, 0.2) is 118 Å². The number of fused-ring (bicyclic) bond motifs is 3. The number of carbonyl (C=O) groups excluding carboxylic acids is 1. The molecule has 0 fully saturated rings. The molecule has 4 nitrogen and oxygen atoms in total. The summed E-state index contributed by atoms with van der Waals surface area (Å²) in [6.45, 7) is 0. The highest BCUT2D eigenvalue weighted by atomic mass is 19.4. The summed E-state index contributed by atoms with van der Waals surface area (Å²) in [5.41, 5.74) is -0.826. The molecule has 0 N–H and O–H groups in total. The Morgan fingerprint density at radius 2 is 1.40 bits per heavy atom. The van der Waals surface area contributed by atoms with Crippen molar-refractivity contribution >= 4 is 44.6 Å². The molecule has 0 spiro atoms. The van der Waals surface area contributed by atoms with Gasteiger partial charge in [0.15, 0.2) is 0 Å². The van der Waals surface area contributed by atoms with Gasteiger partial charge in [0.1, 0.15) is 11.3 Å². The van der Waals surface area contributed by atoms with Crippen LogP contribution >= 0.6 is 0 Å². The molecule has 0 aliphatic heterocycles. The first-order valence-electron chi connectivity index (χ1n) is 12.3. The van der Waals surface area contributed by atoms with Gasteiger partial charge in [-0.25, -0.2) is 4.79 Å². The number of esters is 1. The van der Waals surface area contributed by atoms with Crippen LogP contribution in [0.25, 0.3) is 49.7 Å². The summed E-state index contributed by atoms with van der Waals surface area (Å²) < 4.78 is 53.2. The van der Waals surface area contributed by atoms with Gasteiger partial charge in [-0.2, -0.15) is 13.2 Å². The maximum atomic E-state index is 14.2. The van der Waals surface area contributed by atoms with Gasteiger partial charge < -0.3 is 9.15 Å². The number of benzene rings is 5. The lowest BCUT2D eigenvalue weighted by atomic mass is 9.96. The molecule has 7 heteroatoms. The molecule has 0 saturated heterocycles.